The minimum atomic E-state index is -4.36. The first-order valence-electron chi connectivity index (χ1n) is 9.89. The molecule has 2 heterocycles. The van der Waals surface area contributed by atoms with E-state index >= 15 is 0 Å². The van der Waals surface area contributed by atoms with Gasteiger partial charge in [0, 0.05) is 17.7 Å². The van der Waals surface area contributed by atoms with Crippen molar-refractivity contribution in [2.75, 3.05) is 0 Å². The van der Waals surface area contributed by atoms with E-state index in [9.17, 15) is 34.0 Å². The Morgan fingerprint density at radius 2 is 1.90 bits per heavy atom. The fourth-order valence-electron chi connectivity index (χ4n) is 3.57. The quantitative estimate of drug-likeness (QED) is 0.376. The molecule has 1 aliphatic rings. The Morgan fingerprint density at radius 1 is 1.30 bits per heavy atom. The number of halogens is 1. The van der Waals surface area contributed by atoms with Crippen LogP contribution < -0.4 is 5.56 Å². The van der Waals surface area contributed by atoms with Gasteiger partial charge in [-0.05, 0) is 33.6 Å². The summed E-state index contributed by atoms with van der Waals surface area (Å²) in [6.45, 7) is 7.52. The third-order valence-corrected chi connectivity index (χ3v) is 7.55. The summed E-state index contributed by atoms with van der Waals surface area (Å²) >= 11 is 0. The number of aromatic nitrogens is 1. The highest BCUT2D eigenvalue weighted by molar-refractivity contribution is 7.53. The van der Waals surface area contributed by atoms with Crippen molar-refractivity contribution in [1.29, 1.82) is 0 Å². The Bertz CT molecular complexity index is 877. The van der Waals surface area contributed by atoms with Crippen LogP contribution in [-0.2, 0) is 13.8 Å². The van der Waals surface area contributed by atoms with Gasteiger partial charge in [0.15, 0.2) is 5.85 Å². The van der Waals surface area contributed by atoms with E-state index in [2.05, 4.69) is 4.98 Å². The van der Waals surface area contributed by atoms with Crippen LogP contribution in [0.4, 0.5) is 4.39 Å². The summed E-state index contributed by atoms with van der Waals surface area (Å²) in [5, 5.41) is 30.8. The second kappa shape index (κ2) is 9.16. The molecule has 172 valence electrons. The number of pyridine rings is 1. The first kappa shape index (κ1) is 25.1. The molecule has 11 heteroatoms. The number of aliphatic hydroxyl groups is 3. The van der Waals surface area contributed by atoms with E-state index in [-0.39, 0.29) is 36.1 Å². The molecular formula is C19H31FNO8P. The zero-order valence-corrected chi connectivity index (χ0v) is 18.6. The number of rotatable bonds is 8. The van der Waals surface area contributed by atoms with Crippen molar-refractivity contribution in [2.45, 2.75) is 89.7 Å². The first-order valence-corrected chi connectivity index (χ1v) is 11.5. The maximum Gasteiger partial charge on any atom is 0.356 e. The molecule has 0 aliphatic carbocycles. The second-order valence-electron chi connectivity index (χ2n) is 8.06. The maximum atomic E-state index is 14.7. The van der Waals surface area contributed by atoms with Gasteiger partial charge in [-0.1, -0.05) is 13.8 Å². The summed E-state index contributed by atoms with van der Waals surface area (Å²) in [5.74, 6) is -2.38. The van der Waals surface area contributed by atoms with Gasteiger partial charge in [0.2, 0.25) is 0 Å². The highest BCUT2D eigenvalue weighted by Gasteiger charge is 2.49. The molecule has 30 heavy (non-hydrogen) atoms. The smallest absolute Gasteiger partial charge is 0.356 e. The number of aliphatic hydroxyl groups excluding tert-OH is 3. The Kier molecular flexibility index (Phi) is 7.67. The Morgan fingerprint density at radius 3 is 2.43 bits per heavy atom. The lowest BCUT2D eigenvalue weighted by atomic mass is 9.92. The number of nitrogens with one attached hydrogen (secondary N) is 1. The van der Waals surface area contributed by atoms with Crippen LogP contribution in [0.25, 0.3) is 0 Å². The molecular weight excluding hydrogens is 420 g/mol. The molecule has 1 aliphatic heterocycles. The molecule has 7 atom stereocenters. The fraction of sp³-hybridized carbons (Fsp3) is 0.737. The molecule has 2 rings (SSSR count). The summed E-state index contributed by atoms with van der Waals surface area (Å²) in [7, 11) is -4.36. The number of H-pyrrole nitrogens is 1. The molecule has 9 nitrogen and oxygen atoms in total. The van der Waals surface area contributed by atoms with E-state index in [0.717, 1.165) is 0 Å². The van der Waals surface area contributed by atoms with E-state index in [0.29, 0.717) is 0 Å². The predicted molar refractivity (Wildman–Crippen MR) is 107 cm³/mol. The number of aromatic amines is 1. The highest BCUT2D eigenvalue weighted by Crippen LogP contribution is 2.53. The molecule has 0 amide bonds. The van der Waals surface area contributed by atoms with Gasteiger partial charge in [-0.2, -0.15) is 0 Å². The van der Waals surface area contributed by atoms with E-state index < -0.39 is 54.8 Å². The van der Waals surface area contributed by atoms with Gasteiger partial charge in [-0.25, -0.2) is 4.39 Å². The minimum absolute atomic E-state index is 0.0149. The van der Waals surface area contributed by atoms with Gasteiger partial charge in [0.1, 0.15) is 24.1 Å². The van der Waals surface area contributed by atoms with Gasteiger partial charge in [-0.3, -0.25) is 9.36 Å². The summed E-state index contributed by atoms with van der Waals surface area (Å²) in [5.41, 5.74) is -1.93. The third kappa shape index (κ3) is 4.85. The van der Waals surface area contributed by atoms with Crippen molar-refractivity contribution < 1.29 is 38.4 Å². The van der Waals surface area contributed by atoms with Gasteiger partial charge in [0.25, 0.3) is 5.56 Å². The number of hydrogen-bond acceptors (Lipinski definition) is 7. The van der Waals surface area contributed by atoms with E-state index in [1.165, 1.54) is 27.7 Å². The van der Waals surface area contributed by atoms with Crippen LogP contribution in [0, 0.1) is 19.7 Å². The summed E-state index contributed by atoms with van der Waals surface area (Å²) in [4.78, 5) is 24.3. The lowest BCUT2D eigenvalue weighted by molar-refractivity contribution is -0.0501. The lowest BCUT2D eigenvalue weighted by Gasteiger charge is -2.34. The average Bonchev–Trinajstić information content (AvgIpc) is 2.93. The number of ether oxygens (including phenoxy) is 1. The number of hydrogen-bond donors (Lipinski definition) is 5. The standard InChI is InChI=1S/C19H31FNO8P/c1-6-12(22)30(26,27)29-19(5,7-2)8-11-15(23)16(24)17(28-11)13-10(4)21-18(25)9(3)14(13)20/h11-12,15-17,22-24H,6-8H2,1-5H3,(H,21,25)(H,26,27)/t11-,12?,15?,16+,17+,19?/m1/s1. The number of aryl methyl sites for hydroxylation is 1. The molecule has 4 unspecified atom stereocenters. The van der Waals surface area contributed by atoms with E-state index in [1.54, 1.807) is 6.92 Å². The normalized spacial score (nSPS) is 29.4. The average molecular weight is 451 g/mol. The molecule has 1 fully saturated rings. The largest absolute Gasteiger partial charge is 0.388 e. The van der Waals surface area contributed by atoms with Crippen molar-refractivity contribution in [2.24, 2.45) is 0 Å². The van der Waals surface area contributed by atoms with Gasteiger partial charge in [-0.15, -0.1) is 0 Å². The molecule has 0 spiro atoms. The zero-order valence-electron chi connectivity index (χ0n) is 17.8. The predicted octanol–water partition coefficient (Wildman–Crippen LogP) is 1.78. The summed E-state index contributed by atoms with van der Waals surface area (Å²) in [6.07, 6.45) is -5.04. The molecule has 1 aromatic heterocycles. The van der Waals surface area contributed by atoms with Crippen LogP contribution in [0.2, 0.25) is 0 Å². The molecule has 0 aromatic carbocycles. The summed E-state index contributed by atoms with van der Waals surface area (Å²) < 4.78 is 38.2. The molecule has 1 aromatic rings. The van der Waals surface area contributed by atoms with Gasteiger partial charge < -0.3 is 34.5 Å². The van der Waals surface area contributed by atoms with Crippen LogP contribution in [0.1, 0.15) is 63.0 Å². The van der Waals surface area contributed by atoms with Crippen LogP contribution in [0.3, 0.4) is 0 Å². The van der Waals surface area contributed by atoms with Crippen molar-refractivity contribution >= 4 is 7.60 Å². The Labute approximate surface area is 174 Å². The lowest BCUT2D eigenvalue weighted by Crippen LogP contribution is -2.39. The molecule has 1 saturated heterocycles. The monoisotopic (exact) mass is 451 g/mol. The minimum Gasteiger partial charge on any atom is -0.388 e. The second-order valence-corrected chi connectivity index (χ2v) is 9.97. The Balaban J connectivity index is 2.30. The zero-order chi connectivity index (χ0) is 23.0. The van der Waals surface area contributed by atoms with Crippen LogP contribution in [-0.4, -0.2) is 55.0 Å². The van der Waals surface area contributed by atoms with Crippen molar-refractivity contribution in [1.82, 2.24) is 4.98 Å². The van der Waals surface area contributed by atoms with Crippen molar-refractivity contribution in [3.63, 3.8) is 0 Å². The fourth-order valence-corrected chi connectivity index (χ4v) is 4.99. The van der Waals surface area contributed by atoms with Crippen molar-refractivity contribution in [3.05, 3.63) is 33.0 Å². The van der Waals surface area contributed by atoms with E-state index in [4.69, 9.17) is 9.26 Å². The molecule has 0 bridgehead atoms. The molecule has 0 saturated carbocycles. The maximum absolute atomic E-state index is 14.7. The van der Waals surface area contributed by atoms with Crippen LogP contribution >= 0.6 is 7.60 Å². The first-order chi connectivity index (χ1) is 13.8. The van der Waals surface area contributed by atoms with Gasteiger partial charge >= 0.3 is 7.60 Å². The van der Waals surface area contributed by atoms with E-state index in [1.807, 2.05) is 0 Å². The SMILES string of the molecule is CCC(O)P(=O)(O)OC(C)(CC)C[C@H]1O[C@@H](c2c(C)[nH]c(=O)c(C)c2F)[C@@H](O)C1O. The summed E-state index contributed by atoms with van der Waals surface area (Å²) in [6, 6.07) is 0. The Hall–Kier alpha value is -1.13. The van der Waals surface area contributed by atoms with Crippen LogP contribution in [0.5, 0.6) is 0 Å². The molecule has 0 radical (unpaired) electrons. The molecule has 5 N–H and O–H groups in total. The van der Waals surface area contributed by atoms with Crippen LogP contribution in [0.15, 0.2) is 4.79 Å². The van der Waals surface area contributed by atoms with Gasteiger partial charge in [0.05, 0.1) is 17.3 Å². The van der Waals surface area contributed by atoms with Crippen molar-refractivity contribution in [3.8, 4) is 0 Å². The topological polar surface area (TPSA) is 149 Å². The highest BCUT2D eigenvalue weighted by atomic mass is 31.2. The third-order valence-electron chi connectivity index (χ3n) is 5.73.